The summed E-state index contributed by atoms with van der Waals surface area (Å²) in [6.07, 6.45) is 1.15. The van der Waals surface area contributed by atoms with Crippen molar-refractivity contribution in [1.29, 1.82) is 0 Å². The van der Waals surface area contributed by atoms with Crippen LogP contribution in [0, 0.1) is 0 Å². The summed E-state index contributed by atoms with van der Waals surface area (Å²) < 4.78 is 0. The quantitative estimate of drug-likeness (QED) is 0.723. The van der Waals surface area contributed by atoms with E-state index in [-0.39, 0.29) is 29.7 Å². The highest BCUT2D eigenvalue weighted by Crippen LogP contribution is 2.19. The first-order valence-corrected chi connectivity index (χ1v) is 6.36. The van der Waals surface area contributed by atoms with E-state index in [0.717, 1.165) is 11.3 Å². The van der Waals surface area contributed by atoms with Crippen molar-refractivity contribution in [2.45, 2.75) is 32.2 Å². The van der Waals surface area contributed by atoms with E-state index >= 15 is 0 Å². The molecule has 0 radical (unpaired) electrons. The van der Waals surface area contributed by atoms with Crippen molar-refractivity contribution < 1.29 is 19.5 Å². The summed E-state index contributed by atoms with van der Waals surface area (Å²) in [7, 11) is 0. The van der Waals surface area contributed by atoms with Crippen LogP contribution in [0.3, 0.4) is 0 Å². The van der Waals surface area contributed by atoms with Crippen molar-refractivity contribution >= 4 is 29.5 Å². The molecule has 1 fully saturated rings. The minimum Gasteiger partial charge on any atom is -0.481 e. The zero-order valence-corrected chi connectivity index (χ0v) is 9.96. The van der Waals surface area contributed by atoms with Gasteiger partial charge in [0.05, 0.1) is 24.0 Å². The Balaban J connectivity index is 2.77. The van der Waals surface area contributed by atoms with E-state index in [1.807, 2.05) is 6.92 Å². The van der Waals surface area contributed by atoms with E-state index in [2.05, 4.69) is 0 Å². The highest BCUT2D eigenvalue weighted by molar-refractivity contribution is 8.00. The van der Waals surface area contributed by atoms with Crippen LogP contribution in [0.4, 0.5) is 0 Å². The molecule has 0 aromatic rings. The fourth-order valence-corrected chi connectivity index (χ4v) is 2.50. The number of thioether (sulfide) groups is 1. The number of hydrogen-bond donors (Lipinski definition) is 1. The van der Waals surface area contributed by atoms with E-state index in [1.165, 1.54) is 11.8 Å². The topological polar surface area (TPSA) is 74.7 Å². The van der Waals surface area contributed by atoms with Crippen LogP contribution in [0.5, 0.6) is 0 Å². The predicted octanol–water partition coefficient (Wildman–Crippen LogP) is 0.732. The van der Waals surface area contributed by atoms with Gasteiger partial charge < -0.3 is 5.11 Å². The third-order valence-corrected chi connectivity index (χ3v) is 3.29. The fourth-order valence-electron chi connectivity index (χ4n) is 1.77. The standard InChI is InChI=1S/C10H15NO4S/c1-2-3-7(4-10(14)15)11-8(12)5-16-6-9(11)13/h7H,2-6H2,1H3,(H,14,15). The summed E-state index contributed by atoms with van der Waals surface area (Å²) in [4.78, 5) is 35.0. The smallest absolute Gasteiger partial charge is 0.305 e. The summed E-state index contributed by atoms with van der Waals surface area (Å²) in [5.74, 6) is -0.962. The van der Waals surface area contributed by atoms with Gasteiger partial charge in [0.15, 0.2) is 0 Å². The van der Waals surface area contributed by atoms with Crippen LogP contribution in [0.2, 0.25) is 0 Å². The van der Waals surface area contributed by atoms with Gasteiger partial charge in [-0.1, -0.05) is 13.3 Å². The second-order valence-electron chi connectivity index (χ2n) is 3.69. The third-order valence-electron chi connectivity index (χ3n) is 2.39. The first kappa shape index (κ1) is 13.0. The van der Waals surface area contributed by atoms with Crippen molar-refractivity contribution in [2.75, 3.05) is 11.5 Å². The number of carbonyl (C=O) groups is 3. The van der Waals surface area contributed by atoms with Gasteiger partial charge in [-0.3, -0.25) is 19.3 Å². The molecule has 1 aliphatic heterocycles. The number of aliphatic carboxylic acids is 1. The molecule has 1 unspecified atom stereocenters. The molecule has 1 atom stereocenters. The Morgan fingerprint density at radius 2 is 2.00 bits per heavy atom. The molecule has 6 heteroatoms. The van der Waals surface area contributed by atoms with Gasteiger partial charge in [0, 0.05) is 0 Å². The Labute approximate surface area is 98.2 Å². The number of imide groups is 1. The van der Waals surface area contributed by atoms with Crippen LogP contribution in [-0.2, 0) is 14.4 Å². The lowest BCUT2D eigenvalue weighted by Gasteiger charge is -2.31. The molecular formula is C10H15NO4S. The zero-order chi connectivity index (χ0) is 12.1. The monoisotopic (exact) mass is 245 g/mol. The summed E-state index contributed by atoms with van der Waals surface area (Å²) >= 11 is 1.28. The molecule has 0 aromatic heterocycles. The van der Waals surface area contributed by atoms with E-state index < -0.39 is 12.0 Å². The van der Waals surface area contributed by atoms with E-state index in [0.29, 0.717) is 6.42 Å². The summed E-state index contributed by atoms with van der Waals surface area (Å²) in [5, 5.41) is 8.76. The van der Waals surface area contributed by atoms with Crippen molar-refractivity contribution in [1.82, 2.24) is 4.90 Å². The van der Waals surface area contributed by atoms with Crippen molar-refractivity contribution in [2.24, 2.45) is 0 Å². The molecule has 1 aliphatic rings. The van der Waals surface area contributed by atoms with E-state index in [4.69, 9.17) is 5.11 Å². The highest BCUT2D eigenvalue weighted by atomic mass is 32.2. The Morgan fingerprint density at radius 1 is 1.44 bits per heavy atom. The summed E-state index contributed by atoms with van der Waals surface area (Å²) in [6.45, 7) is 1.91. The van der Waals surface area contributed by atoms with Gasteiger partial charge in [-0.15, -0.1) is 11.8 Å². The van der Waals surface area contributed by atoms with Crippen LogP contribution in [0.1, 0.15) is 26.2 Å². The second-order valence-corrected chi connectivity index (χ2v) is 4.68. The summed E-state index contributed by atoms with van der Waals surface area (Å²) in [5.41, 5.74) is 0. The molecule has 90 valence electrons. The Morgan fingerprint density at radius 3 is 2.44 bits per heavy atom. The van der Waals surface area contributed by atoms with Crippen LogP contribution in [0.15, 0.2) is 0 Å². The molecule has 1 N–H and O–H groups in total. The SMILES string of the molecule is CCCC(CC(=O)O)N1C(=O)CSCC1=O. The maximum absolute atomic E-state index is 11.6. The molecule has 1 rings (SSSR count). The Bertz CT molecular complexity index is 289. The van der Waals surface area contributed by atoms with E-state index in [1.54, 1.807) is 0 Å². The fraction of sp³-hybridized carbons (Fsp3) is 0.700. The number of amides is 2. The number of carboxylic acid groups (broad SMARTS) is 1. The highest BCUT2D eigenvalue weighted by Gasteiger charge is 2.33. The van der Waals surface area contributed by atoms with Gasteiger partial charge in [0.1, 0.15) is 0 Å². The largest absolute Gasteiger partial charge is 0.481 e. The number of carboxylic acids is 1. The van der Waals surface area contributed by atoms with Gasteiger partial charge in [0.2, 0.25) is 11.8 Å². The van der Waals surface area contributed by atoms with E-state index in [9.17, 15) is 14.4 Å². The summed E-state index contributed by atoms with van der Waals surface area (Å²) in [6, 6.07) is -0.483. The molecule has 16 heavy (non-hydrogen) atoms. The number of hydrogen-bond acceptors (Lipinski definition) is 4. The normalized spacial score (nSPS) is 18.7. The van der Waals surface area contributed by atoms with Crippen LogP contribution >= 0.6 is 11.8 Å². The van der Waals surface area contributed by atoms with Gasteiger partial charge in [-0.2, -0.15) is 0 Å². The zero-order valence-electron chi connectivity index (χ0n) is 9.14. The molecule has 1 saturated heterocycles. The third kappa shape index (κ3) is 3.23. The van der Waals surface area contributed by atoms with Crippen molar-refractivity contribution in [3.8, 4) is 0 Å². The maximum Gasteiger partial charge on any atom is 0.305 e. The maximum atomic E-state index is 11.6. The van der Waals surface area contributed by atoms with Crippen molar-refractivity contribution in [3.05, 3.63) is 0 Å². The van der Waals surface area contributed by atoms with Crippen LogP contribution in [0.25, 0.3) is 0 Å². The average molecular weight is 245 g/mol. The molecule has 0 aliphatic carbocycles. The minimum absolute atomic E-state index is 0.157. The Kier molecular flexibility index (Phi) is 4.79. The number of rotatable bonds is 5. The number of carbonyl (C=O) groups excluding carboxylic acids is 2. The van der Waals surface area contributed by atoms with Crippen molar-refractivity contribution in [3.63, 3.8) is 0 Å². The van der Waals surface area contributed by atoms with Crippen LogP contribution in [-0.4, -0.2) is 45.3 Å². The molecule has 5 nitrogen and oxygen atoms in total. The predicted molar refractivity (Wildman–Crippen MR) is 60.1 cm³/mol. The molecule has 0 bridgehead atoms. The minimum atomic E-state index is -0.975. The molecular weight excluding hydrogens is 230 g/mol. The molecule has 2 amide bonds. The Hall–Kier alpha value is -1.04. The lowest BCUT2D eigenvalue weighted by atomic mass is 10.1. The molecule has 1 heterocycles. The van der Waals surface area contributed by atoms with Gasteiger partial charge in [0.25, 0.3) is 0 Å². The van der Waals surface area contributed by atoms with Crippen LogP contribution < -0.4 is 0 Å². The molecule has 0 aromatic carbocycles. The second kappa shape index (κ2) is 5.89. The van der Waals surface area contributed by atoms with Gasteiger partial charge >= 0.3 is 5.97 Å². The number of nitrogens with zero attached hydrogens (tertiary/aromatic N) is 1. The van der Waals surface area contributed by atoms with Gasteiger partial charge in [-0.25, -0.2) is 0 Å². The lowest BCUT2D eigenvalue weighted by molar-refractivity contribution is -0.147. The molecule has 0 spiro atoms. The lowest BCUT2D eigenvalue weighted by Crippen LogP contribution is -2.49. The molecule has 0 saturated carbocycles. The van der Waals surface area contributed by atoms with Gasteiger partial charge in [-0.05, 0) is 6.42 Å². The first-order valence-electron chi connectivity index (χ1n) is 5.20. The average Bonchev–Trinajstić information content (AvgIpc) is 2.16. The first-order chi connectivity index (χ1) is 7.56.